The Labute approximate surface area is 190 Å². The molecule has 0 aromatic heterocycles. The van der Waals surface area contributed by atoms with Crippen LogP contribution >= 0.6 is 0 Å². The lowest BCUT2D eigenvalue weighted by atomic mass is 9.89. The molecule has 1 aliphatic heterocycles. The molecule has 0 amide bonds. The van der Waals surface area contributed by atoms with E-state index in [1.54, 1.807) is 27.7 Å². The second-order valence-corrected chi connectivity index (χ2v) is 8.92. The fourth-order valence-corrected chi connectivity index (χ4v) is 3.97. The minimum Gasteiger partial charge on any atom is -0.460 e. The van der Waals surface area contributed by atoms with Crippen molar-refractivity contribution in [2.75, 3.05) is 0 Å². The van der Waals surface area contributed by atoms with Crippen LogP contribution in [-0.2, 0) is 28.5 Å². The molecule has 2 rings (SSSR count). The quantitative estimate of drug-likeness (QED) is 0.330. The van der Waals surface area contributed by atoms with E-state index in [9.17, 15) is 14.4 Å². The summed E-state index contributed by atoms with van der Waals surface area (Å²) in [5.74, 6) is -0.703. The Morgan fingerprint density at radius 2 is 1.66 bits per heavy atom. The Morgan fingerprint density at radius 1 is 1.00 bits per heavy atom. The average Bonchev–Trinajstić information content (AvgIpc) is 3.05. The number of fused-ring (bicyclic) bond motifs is 1. The van der Waals surface area contributed by atoms with E-state index >= 15 is 0 Å². The highest BCUT2D eigenvalue weighted by Gasteiger charge is 2.41. The molecule has 0 saturated heterocycles. The van der Waals surface area contributed by atoms with Crippen LogP contribution in [0.2, 0.25) is 0 Å². The largest absolute Gasteiger partial charge is 0.509 e. The molecule has 1 heterocycles. The summed E-state index contributed by atoms with van der Waals surface area (Å²) in [6.45, 7) is 8.82. The normalized spacial score (nSPS) is 30.7. The van der Waals surface area contributed by atoms with Crippen molar-refractivity contribution < 1.29 is 38.1 Å². The molecule has 2 aliphatic rings. The molecular formula is C24H36O8. The summed E-state index contributed by atoms with van der Waals surface area (Å²) in [5.41, 5.74) is 0. The van der Waals surface area contributed by atoms with Gasteiger partial charge in [0.2, 0.25) is 0 Å². The molecule has 1 fully saturated rings. The van der Waals surface area contributed by atoms with Crippen LogP contribution in [0, 0.1) is 11.8 Å². The lowest BCUT2D eigenvalue weighted by Crippen LogP contribution is -2.29. The van der Waals surface area contributed by atoms with Crippen molar-refractivity contribution in [2.45, 2.75) is 97.2 Å². The molecule has 0 N–H and O–H groups in total. The fourth-order valence-electron chi connectivity index (χ4n) is 3.97. The number of allylic oxidation sites excluding steroid dienone is 2. The Balaban J connectivity index is 2.24. The van der Waals surface area contributed by atoms with Gasteiger partial charge in [0, 0.05) is 12.0 Å². The highest BCUT2D eigenvalue weighted by Crippen LogP contribution is 2.39. The van der Waals surface area contributed by atoms with Crippen molar-refractivity contribution >= 4 is 18.3 Å². The molecule has 1 saturated carbocycles. The Kier molecular flexibility index (Phi) is 10.1. The number of hydrogen-bond donors (Lipinski definition) is 0. The predicted molar refractivity (Wildman–Crippen MR) is 117 cm³/mol. The van der Waals surface area contributed by atoms with Crippen LogP contribution in [-0.4, -0.2) is 48.8 Å². The number of cyclic esters (lactones) is 1. The number of carbonyl (C=O) groups is 3. The van der Waals surface area contributed by atoms with Gasteiger partial charge in [-0.3, -0.25) is 0 Å². The number of rotatable bonds is 4. The maximum atomic E-state index is 12.2. The number of hydrogen-bond acceptors (Lipinski definition) is 8. The minimum absolute atomic E-state index is 0.0115. The third-order valence-corrected chi connectivity index (χ3v) is 5.31. The van der Waals surface area contributed by atoms with Crippen molar-refractivity contribution in [3.63, 3.8) is 0 Å². The zero-order valence-corrected chi connectivity index (χ0v) is 19.7. The summed E-state index contributed by atoms with van der Waals surface area (Å²) in [5, 5.41) is 0. The first-order valence-corrected chi connectivity index (χ1v) is 11.4. The van der Waals surface area contributed by atoms with Gasteiger partial charge in [0.25, 0.3) is 0 Å². The molecule has 32 heavy (non-hydrogen) atoms. The van der Waals surface area contributed by atoms with Gasteiger partial charge >= 0.3 is 18.3 Å². The molecule has 0 unspecified atom stereocenters. The topological polar surface area (TPSA) is 97.4 Å². The molecule has 8 nitrogen and oxygen atoms in total. The Bertz CT molecular complexity index is 696. The molecule has 0 aromatic rings. The van der Waals surface area contributed by atoms with Gasteiger partial charge in [0.05, 0.1) is 18.3 Å². The first kappa shape index (κ1) is 25.7. The molecule has 8 heteroatoms. The van der Waals surface area contributed by atoms with E-state index in [0.717, 1.165) is 19.3 Å². The van der Waals surface area contributed by atoms with Gasteiger partial charge < -0.3 is 23.7 Å². The van der Waals surface area contributed by atoms with Gasteiger partial charge in [-0.25, -0.2) is 14.4 Å². The third kappa shape index (κ3) is 8.93. The van der Waals surface area contributed by atoms with Crippen molar-refractivity contribution in [1.82, 2.24) is 0 Å². The summed E-state index contributed by atoms with van der Waals surface area (Å²) in [6, 6.07) is 0. The van der Waals surface area contributed by atoms with Crippen molar-refractivity contribution in [2.24, 2.45) is 11.8 Å². The number of carbonyl (C=O) groups excluding carboxylic acids is 3. The van der Waals surface area contributed by atoms with E-state index in [4.69, 9.17) is 23.7 Å². The molecule has 0 aromatic carbocycles. The van der Waals surface area contributed by atoms with Gasteiger partial charge in [0.15, 0.2) is 0 Å². The summed E-state index contributed by atoms with van der Waals surface area (Å²) in [7, 11) is 0. The molecule has 180 valence electrons. The van der Waals surface area contributed by atoms with E-state index in [0.29, 0.717) is 12.8 Å². The Hall–Kier alpha value is -2.51. The van der Waals surface area contributed by atoms with E-state index < -0.39 is 24.4 Å². The van der Waals surface area contributed by atoms with Gasteiger partial charge in [-0.1, -0.05) is 12.2 Å². The highest BCUT2D eigenvalue weighted by atomic mass is 16.7. The summed E-state index contributed by atoms with van der Waals surface area (Å²) in [6.07, 6.45) is 7.03. The van der Waals surface area contributed by atoms with Crippen LogP contribution in [0.15, 0.2) is 24.3 Å². The van der Waals surface area contributed by atoms with Crippen LogP contribution in [0.5, 0.6) is 0 Å². The predicted octanol–water partition coefficient (Wildman–Crippen LogP) is 5.10. The molecule has 0 bridgehead atoms. The van der Waals surface area contributed by atoms with Crippen molar-refractivity contribution in [3.8, 4) is 0 Å². The second kappa shape index (κ2) is 12.5. The molecule has 1 aliphatic carbocycles. The van der Waals surface area contributed by atoms with E-state index in [2.05, 4.69) is 12.2 Å². The van der Waals surface area contributed by atoms with Crippen LogP contribution in [0.3, 0.4) is 0 Å². The summed E-state index contributed by atoms with van der Waals surface area (Å²) in [4.78, 5) is 36.5. The summed E-state index contributed by atoms with van der Waals surface area (Å²) < 4.78 is 26.7. The molecule has 0 spiro atoms. The zero-order valence-electron chi connectivity index (χ0n) is 19.7. The number of esters is 1. The maximum Gasteiger partial charge on any atom is 0.509 e. The number of ether oxygens (including phenoxy) is 5. The van der Waals surface area contributed by atoms with Crippen LogP contribution in [0.4, 0.5) is 9.59 Å². The lowest BCUT2D eigenvalue weighted by molar-refractivity contribution is -0.142. The van der Waals surface area contributed by atoms with Gasteiger partial charge in [0.1, 0.15) is 12.2 Å². The van der Waals surface area contributed by atoms with Crippen LogP contribution in [0.1, 0.15) is 66.7 Å². The standard InChI is InChI=1S/C24H36O8/c1-15(2)28-23(26)31-19-13-18-10-8-6-7-9-17(5)30-22(25)12-11-21(20(18)14-19)32-24(27)29-16(3)4/h8,10-12,15-21H,6-7,9,13-14H2,1-5H3/b10-8+,12-11+/t17-,18+,19-,20+,21+/m0/s1. The molecule has 5 atom stereocenters. The van der Waals surface area contributed by atoms with Crippen LogP contribution < -0.4 is 0 Å². The van der Waals surface area contributed by atoms with Gasteiger partial charge in [-0.05, 0) is 78.7 Å². The first-order chi connectivity index (χ1) is 15.1. The smallest absolute Gasteiger partial charge is 0.460 e. The SMILES string of the molecule is CC(C)OC(=O)O[C@@H]1C[C@@H]2[C@H](/C=C/CCC[C@H](C)OC(=O)/C=C/[C@H]2OC(=O)OC(C)C)C1. The average molecular weight is 453 g/mol. The second-order valence-electron chi connectivity index (χ2n) is 8.92. The summed E-state index contributed by atoms with van der Waals surface area (Å²) >= 11 is 0. The third-order valence-electron chi connectivity index (χ3n) is 5.31. The maximum absolute atomic E-state index is 12.2. The highest BCUT2D eigenvalue weighted by molar-refractivity contribution is 5.82. The fraction of sp³-hybridized carbons (Fsp3) is 0.708. The van der Waals surface area contributed by atoms with Gasteiger partial charge in [-0.15, -0.1) is 0 Å². The molecular weight excluding hydrogens is 416 g/mol. The minimum atomic E-state index is -0.813. The van der Waals surface area contributed by atoms with Crippen molar-refractivity contribution in [1.29, 1.82) is 0 Å². The van der Waals surface area contributed by atoms with E-state index in [-0.39, 0.29) is 36.3 Å². The Morgan fingerprint density at radius 3 is 2.31 bits per heavy atom. The monoisotopic (exact) mass is 452 g/mol. The van der Waals surface area contributed by atoms with Crippen molar-refractivity contribution in [3.05, 3.63) is 24.3 Å². The lowest BCUT2D eigenvalue weighted by Gasteiger charge is -2.24. The molecule has 0 radical (unpaired) electrons. The van der Waals surface area contributed by atoms with E-state index in [1.807, 2.05) is 6.92 Å². The van der Waals surface area contributed by atoms with Gasteiger partial charge in [-0.2, -0.15) is 0 Å². The van der Waals surface area contributed by atoms with Crippen LogP contribution in [0.25, 0.3) is 0 Å². The van der Waals surface area contributed by atoms with E-state index in [1.165, 1.54) is 12.2 Å². The first-order valence-electron chi connectivity index (χ1n) is 11.4. The zero-order chi connectivity index (χ0) is 23.7.